The molecule has 6 rings (SSSR count). The van der Waals surface area contributed by atoms with Crippen LogP contribution >= 0.6 is 11.6 Å². The highest BCUT2D eigenvalue weighted by atomic mass is 35.5. The van der Waals surface area contributed by atoms with Gasteiger partial charge in [-0.2, -0.15) is 5.10 Å². The Morgan fingerprint density at radius 1 is 1.29 bits per heavy atom. The summed E-state index contributed by atoms with van der Waals surface area (Å²) in [7, 11) is 0. The van der Waals surface area contributed by atoms with Gasteiger partial charge in [-0.1, -0.05) is 11.6 Å². The van der Waals surface area contributed by atoms with Crippen molar-refractivity contribution in [2.45, 2.75) is 62.6 Å². The van der Waals surface area contributed by atoms with Crippen LogP contribution in [0.3, 0.4) is 0 Å². The maximum Gasteiger partial charge on any atom is 0.340 e. The number of hydrogen-bond acceptors (Lipinski definition) is 4. The Bertz CT molecular complexity index is 642. The maximum atomic E-state index is 10.5. The lowest BCUT2D eigenvalue weighted by Gasteiger charge is -2.57. The summed E-state index contributed by atoms with van der Waals surface area (Å²) in [6.45, 7) is 0. The molecule has 5 aliphatic carbocycles. The lowest BCUT2D eigenvalue weighted by molar-refractivity contribution is -0.132. The number of nitrogens with two attached hydrogens (primary N) is 1. The summed E-state index contributed by atoms with van der Waals surface area (Å²) >= 11 is 5.77. The fourth-order valence-corrected chi connectivity index (χ4v) is 5.40. The number of carboxylic acid groups (broad SMARTS) is 1. The van der Waals surface area contributed by atoms with Gasteiger partial charge < -0.3 is 15.9 Å². The number of hydrogen-bond donors (Lipinski definition) is 3. The van der Waals surface area contributed by atoms with E-state index in [4.69, 9.17) is 22.4 Å². The summed E-state index contributed by atoms with van der Waals surface area (Å²) in [5.74, 6) is 1.06. The largest absolute Gasteiger partial charge is 0.478 e. The van der Waals surface area contributed by atoms with Gasteiger partial charge >= 0.3 is 5.97 Å². The first-order valence-electron chi connectivity index (χ1n) is 8.80. The van der Waals surface area contributed by atoms with Crippen LogP contribution in [0.5, 0.6) is 0 Å². The molecule has 24 heavy (non-hydrogen) atoms. The summed E-state index contributed by atoms with van der Waals surface area (Å²) in [6, 6.07) is 0.729. The van der Waals surface area contributed by atoms with Crippen LogP contribution in [0.4, 0.5) is 0 Å². The zero-order valence-corrected chi connectivity index (χ0v) is 14.3. The van der Waals surface area contributed by atoms with Crippen LogP contribution in [0, 0.1) is 17.8 Å². The van der Waals surface area contributed by atoms with Gasteiger partial charge in [0, 0.05) is 6.04 Å². The number of aromatic nitrogens is 2. The van der Waals surface area contributed by atoms with Gasteiger partial charge in [-0.05, 0) is 62.7 Å². The lowest BCUT2D eigenvalue weighted by Crippen LogP contribution is -2.59. The van der Waals surface area contributed by atoms with Gasteiger partial charge in [0.25, 0.3) is 0 Å². The van der Waals surface area contributed by atoms with E-state index in [0.29, 0.717) is 23.9 Å². The van der Waals surface area contributed by atoms with Crippen molar-refractivity contribution in [1.29, 1.82) is 0 Å². The van der Waals surface area contributed by atoms with Crippen LogP contribution in [-0.2, 0) is 0 Å². The first kappa shape index (κ1) is 16.4. The number of carbonyl (C=O) groups is 1. The van der Waals surface area contributed by atoms with E-state index < -0.39 is 5.97 Å². The fourth-order valence-electron chi connectivity index (χ4n) is 5.09. The van der Waals surface area contributed by atoms with Crippen molar-refractivity contribution in [3.8, 4) is 0 Å². The maximum absolute atomic E-state index is 10.5. The van der Waals surface area contributed by atoms with Gasteiger partial charge in [0.2, 0.25) is 0 Å². The molecule has 1 aromatic rings. The Morgan fingerprint density at radius 3 is 2.38 bits per heavy atom. The standard InChI is InChI=1S/C10H17NO.C7H7ClN2O2/c11-9-7-1-6-2-8(9)5-10(12,3-6)4-7;8-6-5(7(11)12)3-9-10(6)4-1-2-4/h6-9,12H,1-5,11H2;3-4H,1-2H2,(H,11,12). The Morgan fingerprint density at radius 2 is 1.92 bits per heavy atom. The van der Waals surface area contributed by atoms with E-state index in [2.05, 4.69) is 5.10 Å². The predicted octanol–water partition coefficient (Wildman–Crippen LogP) is 2.45. The Labute approximate surface area is 146 Å². The molecule has 2 unspecified atom stereocenters. The summed E-state index contributed by atoms with van der Waals surface area (Å²) in [6.07, 6.45) is 9.00. The molecule has 0 aromatic carbocycles. The van der Waals surface area contributed by atoms with Crippen molar-refractivity contribution in [3.63, 3.8) is 0 Å². The molecule has 0 aliphatic heterocycles. The SMILES string of the molecule is NC1C2CC3CC1CC(O)(C3)C2.O=C(O)c1cnn(C2CC2)c1Cl. The number of nitrogens with zero attached hydrogens (tertiary/aromatic N) is 2. The van der Waals surface area contributed by atoms with Crippen molar-refractivity contribution < 1.29 is 15.0 Å². The number of halogens is 1. The Hall–Kier alpha value is -1.11. The normalized spacial score (nSPS) is 39.5. The van der Waals surface area contributed by atoms with Crippen LogP contribution < -0.4 is 5.73 Å². The molecule has 7 heteroatoms. The highest BCUT2D eigenvalue weighted by Crippen LogP contribution is 2.54. The summed E-state index contributed by atoms with van der Waals surface area (Å²) in [5, 5.41) is 23.0. The van der Waals surface area contributed by atoms with Gasteiger partial charge in [0.1, 0.15) is 10.7 Å². The minimum Gasteiger partial charge on any atom is -0.478 e. The van der Waals surface area contributed by atoms with Crippen molar-refractivity contribution in [1.82, 2.24) is 9.78 Å². The van der Waals surface area contributed by atoms with Crippen molar-refractivity contribution in [2.24, 2.45) is 23.5 Å². The van der Waals surface area contributed by atoms with E-state index in [1.165, 1.54) is 19.0 Å². The molecular formula is C17H24ClN3O3. The predicted molar refractivity (Wildman–Crippen MR) is 88.9 cm³/mol. The summed E-state index contributed by atoms with van der Waals surface area (Å²) in [5.41, 5.74) is 5.90. The molecule has 6 nitrogen and oxygen atoms in total. The molecule has 0 radical (unpaired) electrons. The molecule has 4 bridgehead atoms. The molecule has 0 amide bonds. The number of aliphatic hydroxyl groups is 1. The average molecular weight is 354 g/mol. The summed E-state index contributed by atoms with van der Waals surface area (Å²) in [4.78, 5) is 10.5. The number of carboxylic acids is 1. The topological polar surface area (TPSA) is 101 Å². The third-order valence-corrected chi connectivity index (χ3v) is 6.55. The van der Waals surface area contributed by atoms with E-state index in [9.17, 15) is 9.90 Å². The molecule has 132 valence electrons. The Kier molecular flexibility index (Phi) is 3.90. The van der Waals surface area contributed by atoms with Crippen LogP contribution in [0.25, 0.3) is 0 Å². The second-order valence-electron chi connectivity index (χ2n) is 8.10. The molecular weight excluding hydrogens is 330 g/mol. The van der Waals surface area contributed by atoms with Gasteiger partial charge in [-0.3, -0.25) is 4.68 Å². The van der Waals surface area contributed by atoms with Crippen LogP contribution in [-0.4, -0.2) is 37.6 Å². The number of aromatic carboxylic acids is 1. The molecule has 0 saturated heterocycles. The minimum atomic E-state index is -1.02. The lowest BCUT2D eigenvalue weighted by atomic mass is 9.52. The van der Waals surface area contributed by atoms with Crippen LogP contribution in [0.15, 0.2) is 6.20 Å². The van der Waals surface area contributed by atoms with Crippen LogP contribution in [0.2, 0.25) is 5.15 Å². The zero-order valence-electron chi connectivity index (χ0n) is 13.6. The highest BCUT2D eigenvalue weighted by molar-refractivity contribution is 6.32. The molecule has 5 saturated carbocycles. The monoisotopic (exact) mass is 353 g/mol. The fraction of sp³-hybridized carbons (Fsp3) is 0.765. The van der Waals surface area contributed by atoms with E-state index >= 15 is 0 Å². The van der Waals surface area contributed by atoms with Crippen molar-refractivity contribution in [3.05, 3.63) is 16.9 Å². The highest BCUT2D eigenvalue weighted by Gasteiger charge is 2.53. The van der Waals surface area contributed by atoms with E-state index in [-0.39, 0.29) is 16.3 Å². The summed E-state index contributed by atoms with van der Waals surface area (Å²) < 4.78 is 1.57. The van der Waals surface area contributed by atoms with Gasteiger partial charge in [0.05, 0.1) is 17.8 Å². The third-order valence-electron chi connectivity index (χ3n) is 6.17. The Balaban J connectivity index is 0.000000121. The van der Waals surface area contributed by atoms with Crippen molar-refractivity contribution in [2.75, 3.05) is 0 Å². The third kappa shape index (κ3) is 2.85. The van der Waals surface area contributed by atoms with Gasteiger partial charge in [0.15, 0.2) is 0 Å². The van der Waals surface area contributed by atoms with E-state index in [1.807, 2.05) is 0 Å². The molecule has 1 heterocycles. The number of rotatable bonds is 2. The minimum absolute atomic E-state index is 0.0866. The van der Waals surface area contributed by atoms with E-state index in [0.717, 1.165) is 38.0 Å². The zero-order chi connectivity index (χ0) is 17.1. The smallest absolute Gasteiger partial charge is 0.340 e. The quantitative estimate of drug-likeness (QED) is 0.758. The van der Waals surface area contributed by atoms with Gasteiger partial charge in [-0.25, -0.2) is 4.79 Å². The van der Waals surface area contributed by atoms with E-state index in [1.54, 1.807) is 4.68 Å². The van der Waals surface area contributed by atoms with Crippen molar-refractivity contribution >= 4 is 17.6 Å². The second-order valence-corrected chi connectivity index (χ2v) is 8.46. The molecule has 5 aliphatic rings. The molecule has 1 aromatic heterocycles. The molecule has 5 fully saturated rings. The molecule has 0 spiro atoms. The van der Waals surface area contributed by atoms with Crippen LogP contribution in [0.1, 0.15) is 61.3 Å². The van der Waals surface area contributed by atoms with Gasteiger partial charge in [-0.15, -0.1) is 0 Å². The average Bonchev–Trinajstić information content (AvgIpc) is 3.26. The first-order chi connectivity index (χ1) is 11.4. The molecule has 4 N–H and O–H groups in total. The first-order valence-corrected chi connectivity index (χ1v) is 9.18. The molecule has 2 atom stereocenters. The second kappa shape index (κ2) is 5.71.